The first kappa shape index (κ1) is 14.9. The van der Waals surface area contributed by atoms with Gasteiger partial charge in [0, 0.05) is 6.42 Å². The number of aliphatic carboxylic acids is 1. The minimum Gasteiger partial charge on any atom is -0.493 e. The standard InChI is InChI=1S/C17H18O4/c18-17(19)13-14-6-4-9-16(12-14)21-11-5-10-20-15-7-2-1-3-8-15/h1-4,6-9,12H,5,10-11,13H2,(H,18,19). The molecular formula is C17H18O4. The molecule has 2 rings (SSSR count). The second kappa shape index (κ2) is 7.94. The molecule has 0 bridgehead atoms. The number of ether oxygens (including phenoxy) is 2. The summed E-state index contributed by atoms with van der Waals surface area (Å²) in [5.41, 5.74) is 0.737. The van der Waals surface area contributed by atoms with Gasteiger partial charge in [-0.25, -0.2) is 0 Å². The molecule has 0 aliphatic carbocycles. The summed E-state index contributed by atoms with van der Waals surface area (Å²) in [6.07, 6.45) is 0.770. The molecule has 0 heterocycles. The first-order valence-electron chi connectivity index (χ1n) is 6.85. The van der Waals surface area contributed by atoms with Gasteiger partial charge in [0.2, 0.25) is 0 Å². The third-order valence-electron chi connectivity index (χ3n) is 2.82. The Labute approximate surface area is 123 Å². The Morgan fingerprint density at radius 3 is 2.29 bits per heavy atom. The summed E-state index contributed by atoms with van der Waals surface area (Å²) in [7, 11) is 0. The zero-order valence-electron chi connectivity index (χ0n) is 11.7. The molecule has 0 radical (unpaired) electrons. The van der Waals surface area contributed by atoms with E-state index in [2.05, 4.69) is 0 Å². The van der Waals surface area contributed by atoms with Gasteiger partial charge >= 0.3 is 5.97 Å². The Balaban J connectivity index is 1.70. The maximum Gasteiger partial charge on any atom is 0.307 e. The molecular weight excluding hydrogens is 268 g/mol. The predicted molar refractivity (Wildman–Crippen MR) is 79.8 cm³/mol. The van der Waals surface area contributed by atoms with Crippen LogP contribution in [0.3, 0.4) is 0 Å². The lowest BCUT2D eigenvalue weighted by molar-refractivity contribution is -0.136. The Morgan fingerprint density at radius 2 is 1.57 bits per heavy atom. The van der Waals surface area contributed by atoms with E-state index in [9.17, 15) is 4.79 Å². The highest BCUT2D eigenvalue weighted by Gasteiger charge is 2.02. The molecule has 0 fully saturated rings. The molecule has 2 aromatic rings. The average molecular weight is 286 g/mol. The van der Waals surface area contributed by atoms with Gasteiger partial charge in [-0.2, -0.15) is 0 Å². The van der Waals surface area contributed by atoms with Gasteiger partial charge in [-0.3, -0.25) is 4.79 Å². The number of rotatable bonds is 8. The molecule has 2 aromatic carbocycles. The molecule has 0 saturated carbocycles. The van der Waals surface area contributed by atoms with Crippen LogP contribution in [0.15, 0.2) is 54.6 Å². The molecule has 4 nitrogen and oxygen atoms in total. The van der Waals surface area contributed by atoms with E-state index in [0.717, 1.165) is 17.7 Å². The Kier molecular flexibility index (Phi) is 5.64. The maximum absolute atomic E-state index is 10.7. The Morgan fingerprint density at radius 1 is 0.905 bits per heavy atom. The predicted octanol–water partition coefficient (Wildman–Crippen LogP) is 3.16. The van der Waals surface area contributed by atoms with Crippen LogP contribution in [0.2, 0.25) is 0 Å². The smallest absolute Gasteiger partial charge is 0.307 e. The first-order valence-corrected chi connectivity index (χ1v) is 6.85. The minimum absolute atomic E-state index is 0.00825. The van der Waals surface area contributed by atoms with Gasteiger partial charge in [0.25, 0.3) is 0 Å². The fourth-order valence-corrected chi connectivity index (χ4v) is 1.88. The van der Waals surface area contributed by atoms with Crippen molar-refractivity contribution in [2.24, 2.45) is 0 Å². The lowest BCUT2D eigenvalue weighted by Crippen LogP contribution is -2.05. The number of benzene rings is 2. The first-order chi connectivity index (χ1) is 10.2. The van der Waals surface area contributed by atoms with Crippen LogP contribution in [0.25, 0.3) is 0 Å². The topological polar surface area (TPSA) is 55.8 Å². The van der Waals surface area contributed by atoms with Crippen LogP contribution in [0, 0.1) is 0 Å². The molecule has 0 amide bonds. The Bertz CT molecular complexity index is 566. The molecule has 21 heavy (non-hydrogen) atoms. The van der Waals surface area contributed by atoms with Gasteiger partial charge in [-0.1, -0.05) is 30.3 Å². The van der Waals surface area contributed by atoms with Crippen molar-refractivity contribution in [1.29, 1.82) is 0 Å². The average Bonchev–Trinajstić information content (AvgIpc) is 2.48. The molecule has 0 saturated heterocycles. The van der Waals surface area contributed by atoms with Crippen LogP contribution in [0.4, 0.5) is 0 Å². The molecule has 4 heteroatoms. The van der Waals surface area contributed by atoms with Gasteiger partial charge in [0.15, 0.2) is 0 Å². The lowest BCUT2D eigenvalue weighted by Gasteiger charge is -2.08. The quantitative estimate of drug-likeness (QED) is 0.757. The molecule has 0 unspecified atom stereocenters. The lowest BCUT2D eigenvalue weighted by atomic mass is 10.1. The van der Waals surface area contributed by atoms with Crippen LogP contribution in [0.5, 0.6) is 11.5 Å². The van der Waals surface area contributed by atoms with Gasteiger partial charge < -0.3 is 14.6 Å². The summed E-state index contributed by atoms with van der Waals surface area (Å²) in [5, 5.41) is 8.75. The number of carboxylic acids is 1. The second-order valence-corrected chi connectivity index (χ2v) is 4.58. The van der Waals surface area contributed by atoms with Crippen molar-refractivity contribution < 1.29 is 19.4 Å². The zero-order chi connectivity index (χ0) is 14.9. The highest BCUT2D eigenvalue weighted by atomic mass is 16.5. The van der Waals surface area contributed by atoms with E-state index in [1.807, 2.05) is 36.4 Å². The summed E-state index contributed by atoms with van der Waals surface area (Å²) in [5.74, 6) is 0.692. The van der Waals surface area contributed by atoms with E-state index >= 15 is 0 Å². The fraction of sp³-hybridized carbons (Fsp3) is 0.235. The van der Waals surface area contributed by atoms with Gasteiger partial charge in [0.05, 0.1) is 19.6 Å². The van der Waals surface area contributed by atoms with E-state index in [1.54, 1.807) is 18.2 Å². The molecule has 110 valence electrons. The fourth-order valence-electron chi connectivity index (χ4n) is 1.88. The summed E-state index contributed by atoms with van der Waals surface area (Å²) in [6.45, 7) is 1.11. The van der Waals surface area contributed by atoms with E-state index < -0.39 is 5.97 Å². The van der Waals surface area contributed by atoms with Crippen molar-refractivity contribution in [3.05, 3.63) is 60.2 Å². The third kappa shape index (κ3) is 5.57. The highest BCUT2D eigenvalue weighted by molar-refractivity contribution is 5.70. The van der Waals surface area contributed by atoms with Gasteiger partial charge in [-0.05, 0) is 29.8 Å². The second-order valence-electron chi connectivity index (χ2n) is 4.58. The van der Waals surface area contributed by atoms with Crippen LogP contribution in [-0.2, 0) is 11.2 Å². The summed E-state index contributed by atoms with van der Waals surface area (Å²) in [6, 6.07) is 16.8. The molecule has 0 aromatic heterocycles. The van der Waals surface area contributed by atoms with Crippen molar-refractivity contribution in [3.8, 4) is 11.5 Å². The molecule has 0 atom stereocenters. The number of carboxylic acid groups (broad SMARTS) is 1. The normalized spacial score (nSPS) is 10.1. The van der Waals surface area contributed by atoms with Crippen molar-refractivity contribution in [2.45, 2.75) is 12.8 Å². The van der Waals surface area contributed by atoms with Crippen molar-refractivity contribution in [1.82, 2.24) is 0 Å². The zero-order valence-corrected chi connectivity index (χ0v) is 11.7. The van der Waals surface area contributed by atoms with Crippen molar-refractivity contribution in [3.63, 3.8) is 0 Å². The summed E-state index contributed by atoms with van der Waals surface area (Å²) < 4.78 is 11.2. The van der Waals surface area contributed by atoms with Gasteiger partial charge in [0.1, 0.15) is 11.5 Å². The minimum atomic E-state index is -0.844. The van der Waals surface area contributed by atoms with Crippen LogP contribution >= 0.6 is 0 Å². The van der Waals surface area contributed by atoms with E-state index in [1.165, 1.54) is 0 Å². The SMILES string of the molecule is O=C(O)Cc1cccc(OCCCOc2ccccc2)c1. The number of hydrogen-bond donors (Lipinski definition) is 1. The van der Waals surface area contributed by atoms with E-state index in [4.69, 9.17) is 14.6 Å². The number of hydrogen-bond acceptors (Lipinski definition) is 3. The monoisotopic (exact) mass is 286 g/mol. The largest absolute Gasteiger partial charge is 0.493 e. The van der Waals surface area contributed by atoms with Crippen LogP contribution in [0.1, 0.15) is 12.0 Å². The van der Waals surface area contributed by atoms with Crippen molar-refractivity contribution in [2.75, 3.05) is 13.2 Å². The maximum atomic E-state index is 10.7. The summed E-state index contributed by atoms with van der Waals surface area (Å²) >= 11 is 0. The molecule has 0 aliphatic heterocycles. The van der Waals surface area contributed by atoms with E-state index in [-0.39, 0.29) is 6.42 Å². The van der Waals surface area contributed by atoms with Crippen LogP contribution < -0.4 is 9.47 Å². The molecule has 1 N–H and O–H groups in total. The highest BCUT2D eigenvalue weighted by Crippen LogP contribution is 2.14. The van der Waals surface area contributed by atoms with Gasteiger partial charge in [-0.15, -0.1) is 0 Å². The van der Waals surface area contributed by atoms with Crippen molar-refractivity contribution >= 4 is 5.97 Å². The number of para-hydroxylation sites is 1. The number of carbonyl (C=O) groups is 1. The van der Waals surface area contributed by atoms with Crippen LogP contribution in [-0.4, -0.2) is 24.3 Å². The summed E-state index contributed by atoms with van der Waals surface area (Å²) in [4.78, 5) is 10.7. The Hall–Kier alpha value is -2.49. The molecule has 0 aliphatic rings. The molecule has 0 spiro atoms. The third-order valence-corrected chi connectivity index (χ3v) is 2.82. The van der Waals surface area contributed by atoms with E-state index in [0.29, 0.717) is 19.0 Å².